The van der Waals surface area contributed by atoms with Gasteiger partial charge in [0.05, 0.1) is 5.52 Å². The number of aromatic nitrogens is 1. The Hall–Kier alpha value is -1.08. The van der Waals surface area contributed by atoms with Crippen LogP contribution in [0.25, 0.3) is 10.9 Å². The van der Waals surface area contributed by atoms with Gasteiger partial charge in [-0.15, -0.1) is 11.6 Å². The number of nitrogens with zero attached hydrogens (tertiary/aromatic N) is 1. The van der Waals surface area contributed by atoms with Gasteiger partial charge in [-0.2, -0.15) is 0 Å². The standard InChI is InChI=1S/C12H12ClN/c1-2-10-7-9(8-13)11-5-3-4-6-12(11)14-10/h3-7H,2,8H2,1H3. The van der Waals surface area contributed by atoms with E-state index < -0.39 is 0 Å². The van der Waals surface area contributed by atoms with E-state index >= 15 is 0 Å². The lowest BCUT2D eigenvalue weighted by Gasteiger charge is -2.05. The molecule has 0 spiro atoms. The fourth-order valence-electron chi connectivity index (χ4n) is 1.60. The zero-order valence-electron chi connectivity index (χ0n) is 8.13. The molecular formula is C12H12ClN. The van der Waals surface area contributed by atoms with Gasteiger partial charge in [-0.05, 0) is 24.1 Å². The van der Waals surface area contributed by atoms with Crippen LogP contribution < -0.4 is 0 Å². The first-order valence-electron chi connectivity index (χ1n) is 4.78. The van der Waals surface area contributed by atoms with Gasteiger partial charge in [0.15, 0.2) is 0 Å². The van der Waals surface area contributed by atoms with Crippen molar-refractivity contribution >= 4 is 22.5 Å². The molecular weight excluding hydrogens is 194 g/mol. The summed E-state index contributed by atoms with van der Waals surface area (Å²) < 4.78 is 0. The SMILES string of the molecule is CCc1cc(CCl)c2ccccc2n1. The molecule has 1 nitrogen and oxygen atoms in total. The quantitative estimate of drug-likeness (QED) is 0.684. The molecule has 0 aliphatic rings. The Morgan fingerprint density at radius 1 is 1.29 bits per heavy atom. The summed E-state index contributed by atoms with van der Waals surface area (Å²) in [5.74, 6) is 0.552. The smallest absolute Gasteiger partial charge is 0.0708 e. The van der Waals surface area contributed by atoms with Crippen molar-refractivity contribution in [3.8, 4) is 0 Å². The molecule has 14 heavy (non-hydrogen) atoms. The lowest BCUT2D eigenvalue weighted by atomic mass is 10.1. The molecule has 2 heteroatoms. The van der Waals surface area contributed by atoms with Crippen LogP contribution in [0.3, 0.4) is 0 Å². The van der Waals surface area contributed by atoms with Crippen molar-refractivity contribution in [2.75, 3.05) is 0 Å². The van der Waals surface area contributed by atoms with Crippen molar-refractivity contribution in [3.63, 3.8) is 0 Å². The number of benzene rings is 1. The molecule has 0 aliphatic carbocycles. The van der Waals surface area contributed by atoms with Gasteiger partial charge in [0.1, 0.15) is 0 Å². The third-order valence-electron chi connectivity index (χ3n) is 2.36. The molecule has 0 N–H and O–H groups in total. The molecule has 0 saturated heterocycles. The maximum Gasteiger partial charge on any atom is 0.0708 e. The number of halogens is 1. The third-order valence-corrected chi connectivity index (χ3v) is 2.65. The van der Waals surface area contributed by atoms with Crippen LogP contribution in [0.15, 0.2) is 30.3 Å². The maximum atomic E-state index is 5.91. The van der Waals surface area contributed by atoms with Gasteiger partial charge in [-0.25, -0.2) is 0 Å². The number of para-hydroxylation sites is 1. The second kappa shape index (κ2) is 3.97. The summed E-state index contributed by atoms with van der Waals surface area (Å²) in [5, 5.41) is 1.17. The van der Waals surface area contributed by atoms with Crippen LogP contribution in [0.5, 0.6) is 0 Å². The molecule has 0 atom stereocenters. The Bertz CT molecular complexity index is 451. The summed E-state index contributed by atoms with van der Waals surface area (Å²) in [6, 6.07) is 10.2. The van der Waals surface area contributed by atoms with Crippen molar-refractivity contribution in [1.29, 1.82) is 0 Å². The average Bonchev–Trinajstić information content (AvgIpc) is 2.27. The van der Waals surface area contributed by atoms with Crippen LogP contribution in [0.1, 0.15) is 18.2 Å². The monoisotopic (exact) mass is 205 g/mol. The Kier molecular flexibility index (Phi) is 2.69. The molecule has 72 valence electrons. The minimum Gasteiger partial charge on any atom is -0.253 e. The Morgan fingerprint density at radius 2 is 2.07 bits per heavy atom. The van der Waals surface area contributed by atoms with Crippen LogP contribution in [0.4, 0.5) is 0 Å². The van der Waals surface area contributed by atoms with Crippen LogP contribution in [0, 0.1) is 0 Å². The predicted molar refractivity (Wildman–Crippen MR) is 60.7 cm³/mol. The van der Waals surface area contributed by atoms with E-state index in [2.05, 4.69) is 24.0 Å². The number of rotatable bonds is 2. The molecule has 2 rings (SSSR count). The second-order valence-corrected chi connectivity index (χ2v) is 3.54. The number of alkyl halides is 1. The third kappa shape index (κ3) is 1.60. The molecule has 1 aromatic heterocycles. The molecule has 0 bridgehead atoms. The van der Waals surface area contributed by atoms with Gasteiger partial charge in [-0.3, -0.25) is 4.98 Å². The first kappa shape index (κ1) is 9.47. The van der Waals surface area contributed by atoms with Crippen LogP contribution in [-0.4, -0.2) is 4.98 Å². The molecule has 0 radical (unpaired) electrons. The summed E-state index contributed by atoms with van der Waals surface area (Å²) in [4.78, 5) is 4.54. The highest BCUT2D eigenvalue weighted by Gasteiger charge is 2.02. The summed E-state index contributed by atoms with van der Waals surface area (Å²) in [6.07, 6.45) is 0.953. The lowest BCUT2D eigenvalue weighted by molar-refractivity contribution is 1.05. The Morgan fingerprint density at radius 3 is 2.79 bits per heavy atom. The summed E-state index contributed by atoms with van der Waals surface area (Å²) >= 11 is 5.91. The van der Waals surface area contributed by atoms with E-state index in [0.717, 1.165) is 17.6 Å². The molecule has 0 aliphatic heterocycles. The van der Waals surface area contributed by atoms with Gasteiger partial charge in [0, 0.05) is 17.0 Å². The molecule has 1 aromatic carbocycles. The first-order valence-corrected chi connectivity index (χ1v) is 5.32. The molecule has 0 amide bonds. The van der Waals surface area contributed by atoms with E-state index in [4.69, 9.17) is 11.6 Å². The molecule has 0 fully saturated rings. The largest absolute Gasteiger partial charge is 0.253 e. The van der Waals surface area contributed by atoms with Crippen molar-refractivity contribution < 1.29 is 0 Å². The Balaban J connectivity index is 2.73. The van der Waals surface area contributed by atoms with Crippen molar-refractivity contribution in [3.05, 3.63) is 41.6 Å². The van der Waals surface area contributed by atoms with E-state index in [-0.39, 0.29) is 0 Å². The van der Waals surface area contributed by atoms with Crippen LogP contribution >= 0.6 is 11.6 Å². The minimum absolute atomic E-state index is 0.552. The minimum atomic E-state index is 0.552. The van der Waals surface area contributed by atoms with Gasteiger partial charge in [0.25, 0.3) is 0 Å². The maximum absolute atomic E-state index is 5.91. The number of pyridine rings is 1. The highest BCUT2D eigenvalue weighted by Crippen LogP contribution is 2.19. The van der Waals surface area contributed by atoms with E-state index in [1.165, 1.54) is 10.9 Å². The van der Waals surface area contributed by atoms with E-state index in [0.29, 0.717) is 5.88 Å². The van der Waals surface area contributed by atoms with E-state index in [9.17, 15) is 0 Å². The van der Waals surface area contributed by atoms with Crippen molar-refractivity contribution in [2.24, 2.45) is 0 Å². The van der Waals surface area contributed by atoms with Gasteiger partial charge in [0.2, 0.25) is 0 Å². The predicted octanol–water partition coefficient (Wildman–Crippen LogP) is 3.54. The van der Waals surface area contributed by atoms with E-state index in [1.54, 1.807) is 0 Å². The molecule has 0 unspecified atom stereocenters. The van der Waals surface area contributed by atoms with Crippen molar-refractivity contribution in [1.82, 2.24) is 4.98 Å². The topological polar surface area (TPSA) is 12.9 Å². The highest BCUT2D eigenvalue weighted by atomic mass is 35.5. The van der Waals surface area contributed by atoms with E-state index in [1.807, 2.05) is 18.2 Å². The first-order chi connectivity index (χ1) is 6.85. The van der Waals surface area contributed by atoms with Crippen molar-refractivity contribution in [2.45, 2.75) is 19.2 Å². The number of fused-ring (bicyclic) bond motifs is 1. The number of aryl methyl sites for hydroxylation is 1. The average molecular weight is 206 g/mol. The van der Waals surface area contributed by atoms with Gasteiger partial charge in [-0.1, -0.05) is 25.1 Å². The number of hydrogen-bond donors (Lipinski definition) is 0. The normalized spacial score (nSPS) is 10.7. The van der Waals surface area contributed by atoms with Gasteiger partial charge >= 0.3 is 0 Å². The molecule has 1 heterocycles. The van der Waals surface area contributed by atoms with Crippen LogP contribution in [-0.2, 0) is 12.3 Å². The van der Waals surface area contributed by atoms with Crippen LogP contribution in [0.2, 0.25) is 0 Å². The second-order valence-electron chi connectivity index (χ2n) is 3.28. The summed E-state index contributed by atoms with van der Waals surface area (Å²) in [7, 11) is 0. The summed E-state index contributed by atoms with van der Waals surface area (Å²) in [6.45, 7) is 2.11. The number of hydrogen-bond acceptors (Lipinski definition) is 1. The molecule has 2 aromatic rings. The molecule has 0 saturated carbocycles. The highest BCUT2D eigenvalue weighted by molar-refractivity contribution is 6.18. The Labute approximate surface area is 88.7 Å². The fraction of sp³-hybridized carbons (Fsp3) is 0.250. The summed E-state index contributed by atoms with van der Waals surface area (Å²) in [5.41, 5.74) is 3.33. The fourth-order valence-corrected chi connectivity index (χ4v) is 1.82. The van der Waals surface area contributed by atoms with Gasteiger partial charge < -0.3 is 0 Å². The zero-order valence-corrected chi connectivity index (χ0v) is 8.88. The lowest BCUT2D eigenvalue weighted by Crippen LogP contribution is -1.92. The zero-order chi connectivity index (χ0) is 9.97.